The summed E-state index contributed by atoms with van der Waals surface area (Å²) in [6.07, 6.45) is 1.98. The van der Waals surface area contributed by atoms with Crippen LogP contribution in [0.2, 0.25) is 0 Å². The summed E-state index contributed by atoms with van der Waals surface area (Å²) in [5.41, 5.74) is 2.84. The van der Waals surface area contributed by atoms with Crippen molar-refractivity contribution in [3.63, 3.8) is 0 Å². The molecule has 17 heavy (non-hydrogen) atoms. The number of aromatic nitrogens is 2. The summed E-state index contributed by atoms with van der Waals surface area (Å²) in [5, 5.41) is 7.48. The number of halogens is 1. The molecule has 0 saturated heterocycles. The third kappa shape index (κ3) is 2.91. The minimum absolute atomic E-state index is 0.164. The number of benzene rings is 1. The normalized spacial score (nSPS) is 10.8. The van der Waals surface area contributed by atoms with Gasteiger partial charge in [0.1, 0.15) is 5.82 Å². The fraction of sp³-hybridized carbons (Fsp3) is 0.308. The predicted octanol–water partition coefficient (Wildman–Crippen LogP) is 2.16. The highest BCUT2D eigenvalue weighted by Crippen LogP contribution is 2.07. The summed E-state index contributed by atoms with van der Waals surface area (Å²) in [6, 6.07) is 6.81. The maximum atomic E-state index is 13.3. The van der Waals surface area contributed by atoms with Crippen molar-refractivity contribution in [1.29, 1.82) is 0 Å². The van der Waals surface area contributed by atoms with Crippen LogP contribution >= 0.6 is 0 Å². The van der Waals surface area contributed by atoms with Gasteiger partial charge in [-0.15, -0.1) is 0 Å². The second kappa shape index (κ2) is 5.10. The molecule has 0 aliphatic rings. The Morgan fingerprint density at radius 2 is 1.94 bits per heavy atom. The van der Waals surface area contributed by atoms with Crippen LogP contribution in [0.1, 0.15) is 16.8 Å². The van der Waals surface area contributed by atoms with Crippen LogP contribution in [-0.2, 0) is 20.1 Å². The molecule has 2 rings (SSSR count). The van der Waals surface area contributed by atoms with Gasteiger partial charge in [0.25, 0.3) is 0 Å². The van der Waals surface area contributed by atoms with Gasteiger partial charge in [-0.05, 0) is 13.0 Å². The van der Waals surface area contributed by atoms with Gasteiger partial charge >= 0.3 is 0 Å². The number of nitrogens with zero attached hydrogens (tertiary/aromatic N) is 2. The van der Waals surface area contributed by atoms with Crippen LogP contribution in [0.5, 0.6) is 0 Å². The second-order valence-corrected chi connectivity index (χ2v) is 4.11. The van der Waals surface area contributed by atoms with Crippen molar-refractivity contribution in [2.24, 2.45) is 7.05 Å². The lowest BCUT2D eigenvalue weighted by atomic mass is 10.2. The van der Waals surface area contributed by atoms with E-state index >= 15 is 0 Å². The third-order valence-corrected chi connectivity index (χ3v) is 2.70. The molecule has 0 amide bonds. The Morgan fingerprint density at radius 3 is 2.59 bits per heavy atom. The second-order valence-electron chi connectivity index (χ2n) is 4.11. The maximum absolute atomic E-state index is 13.3. The Balaban J connectivity index is 1.92. The number of rotatable bonds is 4. The van der Waals surface area contributed by atoms with Gasteiger partial charge in [-0.3, -0.25) is 4.68 Å². The average Bonchev–Trinajstić information content (AvgIpc) is 2.60. The highest BCUT2D eigenvalue weighted by Gasteiger charge is 2.03. The Morgan fingerprint density at radius 1 is 1.24 bits per heavy atom. The molecule has 4 heteroatoms. The largest absolute Gasteiger partial charge is 0.308 e. The van der Waals surface area contributed by atoms with Crippen molar-refractivity contribution >= 4 is 0 Å². The molecule has 1 aromatic heterocycles. The monoisotopic (exact) mass is 233 g/mol. The van der Waals surface area contributed by atoms with Crippen molar-refractivity contribution < 1.29 is 4.39 Å². The minimum Gasteiger partial charge on any atom is -0.308 e. The van der Waals surface area contributed by atoms with E-state index < -0.39 is 0 Å². The van der Waals surface area contributed by atoms with E-state index in [1.54, 1.807) is 16.8 Å². The number of nitrogens with one attached hydrogen (secondary N) is 1. The average molecular weight is 233 g/mol. The fourth-order valence-electron chi connectivity index (χ4n) is 1.80. The van der Waals surface area contributed by atoms with E-state index in [0.29, 0.717) is 18.7 Å². The molecule has 0 bridgehead atoms. The zero-order valence-corrected chi connectivity index (χ0v) is 10.1. The Kier molecular flexibility index (Phi) is 3.54. The Labute approximate surface area is 100 Å². The molecule has 0 aliphatic carbocycles. The van der Waals surface area contributed by atoms with E-state index in [1.165, 1.54) is 6.07 Å². The predicted molar refractivity (Wildman–Crippen MR) is 64.9 cm³/mol. The van der Waals surface area contributed by atoms with Crippen LogP contribution in [0.3, 0.4) is 0 Å². The number of hydrogen-bond donors (Lipinski definition) is 1. The Bertz CT molecular complexity index is 505. The van der Waals surface area contributed by atoms with E-state index in [9.17, 15) is 4.39 Å². The first-order valence-corrected chi connectivity index (χ1v) is 5.60. The summed E-state index contributed by atoms with van der Waals surface area (Å²) in [7, 11) is 1.90. The fourth-order valence-corrected chi connectivity index (χ4v) is 1.80. The first kappa shape index (κ1) is 11.8. The van der Waals surface area contributed by atoms with Gasteiger partial charge in [0, 0.05) is 37.5 Å². The maximum Gasteiger partial charge on any atom is 0.127 e. The molecule has 0 atom stereocenters. The lowest BCUT2D eigenvalue weighted by molar-refractivity contribution is 0.587. The van der Waals surface area contributed by atoms with Gasteiger partial charge in [0.05, 0.1) is 5.69 Å². The van der Waals surface area contributed by atoms with E-state index in [-0.39, 0.29) is 5.82 Å². The first-order valence-electron chi connectivity index (χ1n) is 5.60. The molecule has 1 aromatic carbocycles. The first-order chi connectivity index (χ1) is 8.16. The minimum atomic E-state index is -0.164. The zero-order valence-electron chi connectivity index (χ0n) is 10.1. The van der Waals surface area contributed by atoms with E-state index in [0.717, 1.165) is 11.3 Å². The Hall–Kier alpha value is -1.68. The summed E-state index contributed by atoms with van der Waals surface area (Å²) in [6.45, 7) is 3.20. The van der Waals surface area contributed by atoms with Crippen molar-refractivity contribution in [2.75, 3.05) is 0 Å². The smallest absolute Gasteiger partial charge is 0.127 e. The molecule has 1 N–H and O–H groups in total. The SMILES string of the molecule is Cc1nn(C)cc1CNCc1ccccc1F. The van der Waals surface area contributed by atoms with Gasteiger partial charge in [-0.1, -0.05) is 18.2 Å². The van der Waals surface area contributed by atoms with E-state index in [4.69, 9.17) is 0 Å². The molecule has 0 radical (unpaired) electrons. The highest BCUT2D eigenvalue weighted by molar-refractivity contribution is 5.18. The molecular weight excluding hydrogens is 217 g/mol. The van der Waals surface area contributed by atoms with Gasteiger partial charge < -0.3 is 5.32 Å². The summed E-state index contributed by atoms with van der Waals surface area (Å²) < 4.78 is 15.1. The molecule has 0 aliphatic heterocycles. The molecule has 0 saturated carbocycles. The summed E-state index contributed by atoms with van der Waals surface area (Å²) >= 11 is 0. The van der Waals surface area contributed by atoms with Gasteiger partial charge in [-0.2, -0.15) is 5.10 Å². The topological polar surface area (TPSA) is 29.9 Å². The van der Waals surface area contributed by atoms with Crippen LogP contribution in [-0.4, -0.2) is 9.78 Å². The number of hydrogen-bond acceptors (Lipinski definition) is 2. The summed E-state index contributed by atoms with van der Waals surface area (Å²) in [5.74, 6) is -0.164. The van der Waals surface area contributed by atoms with Crippen LogP contribution in [0.25, 0.3) is 0 Å². The van der Waals surface area contributed by atoms with Crippen molar-refractivity contribution in [3.8, 4) is 0 Å². The van der Waals surface area contributed by atoms with Crippen molar-refractivity contribution in [2.45, 2.75) is 20.0 Å². The molecular formula is C13H16FN3. The van der Waals surface area contributed by atoms with E-state index in [1.807, 2.05) is 26.2 Å². The quantitative estimate of drug-likeness (QED) is 0.877. The lowest BCUT2D eigenvalue weighted by Crippen LogP contribution is -2.13. The van der Waals surface area contributed by atoms with Crippen molar-refractivity contribution in [1.82, 2.24) is 15.1 Å². The van der Waals surface area contributed by atoms with Gasteiger partial charge in [0.2, 0.25) is 0 Å². The van der Waals surface area contributed by atoms with Gasteiger partial charge in [-0.25, -0.2) is 4.39 Å². The molecule has 0 fully saturated rings. The van der Waals surface area contributed by atoms with Gasteiger partial charge in [0.15, 0.2) is 0 Å². The molecule has 3 nitrogen and oxygen atoms in total. The number of aryl methyl sites for hydroxylation is 2. The van der Waals surface area contributed by atoms with Crippen LogP contribution < -0.4 is 5.32 Å². The highest BCUT2D eigenvalue weighted by atomic mass is 19.1. The van der Waals surface area contributed by atoms with Crippen molar-refractivity contribution in [3.05, 3.63) is 53.1 Å². The van der Waals surface area contributed by atoms with E-state index in [2.05, 4.69) is 10.4 Å². The van der Waals surface area contributed by atoms with Crippen LogP contribution in [0.4, 0.5) is 4.39 Å². The molecule has 2 aromatic rings. The van der Waals surface area contributed by atoms with Crippen LogP contribution in [0.15, 0.2) is 30.5 Å². The lowest BCUT2D eigenvalue weighted by Gasteiger charge is -2.05. The molecule has 0 unspecified atom stereocenters. The molecule has 1 heterocycles. The third-order valence-electron chi connectivity index (χ3n) is 2.70. The molecule has 90 valence electrons. The summed E-state index contributed by atoms with van der Waals surface area (Å²) in [4.78, 5) is 0. The van der Waals surface area contributed by atoms with Crippen LogP contribution in [0, 0.1) is 12.7 Å². The molecule has 0 spiro atoms. The standard InChI is InChI=1S/C13H16FN3/c1-10-12(9-17(2)16-10)8-15-7-11-5-3-4-6-13(11)14/h3-6,9,15H,7-8H2,1-2H3. The zero-order chi connectivity index (χ0) is 12.3.